The smallest absolute Gasteiger partial charge is 0.455 e. The van der Waals surface area contributed by atoms with Crippen molar-refractivity contribution in [3.63, 3.8) is 0 Å². The largest absolute Gasteiger partial charge is 0.533 e. The summed E-state index contributed by atoms with van der Waals surface area (Å²) in [6.45, 7) is 14.2. The Morgan fingerprint density at radius 1 is 0.962 bits per heavy atom. The van der Waals surface area contributed by atoms with E-state index in [-0.39, 0.29) is 22.7 Å². The topological polar surface area (TPSA) is 213 Å². The van der Waals surface area contributed by atoms with Crippen molar-refractivity contribution in [2.75, 3.05) is 19.1 Å². The molecular weight excluding hydrogens is 697 g/mol. The minimum atomic E-state index is -4.67. The number of phosphoric ester groups is 1. The second-order valence-electron chi connectivity index (χ2n) is 14.2. The molecule has 0 saturated carbocycles. The third-order valence-corrected chi connectivity index (χ3v) is 9.41. The lowest BCUT2D eigenvalue weighted by Crippen LogP contribution is -2.47. The standard InChI is InChI=1S/C35H46N5O11P/c1-20(2)31(41)45-19-47-52(44,51-24-12-10-23(11-13-24)34(7,8)9)46-16-26-28(48-32(42)21(3)4)29(49-33(43)22(5)6)35(17-36,50-26)27-15-14-25-30(37)38-18-39-40(25)27/h10-15,18,20-22,26,28-29H,16,19H2,1-9H3,(H2,37,38,39)/t26-,28-,29-,35+,52+/m1/s1. The highest BCUT2D eigenvalue weighted by molar-refractivity contribution is 7.48. The molecule has 1 aliphatic rings. The van der Waals surface area contributed by atoms with Crippen LogP contribution in [0.3, 0.4) is 0 Å². The molecule has 17 heteroatoms. The minimum Gasteiger partial charge on any atom is -0.455 e. The van der Waals surface area contributed by atoms with Gasteiger partial charge in [0.05, 0.1) is 30.1 Å². The van der Waals surface area contributed by atoms with Crippen LogP contribution in [0.25, 0.3) is 5.52 Å². The van der Waals surface area contributed by atoms with Gasteiger partial charge in [0, 0.05) is 0 Å². The number of esters is 3. The average Bonchev–Trinajstić information content (AvgIpc) is 3.64. The number of ether oxygens (including phenoxy) is 4. The third-order valence-electron chi connectivity index (χ3n) is 8.09. The van der Waals surface area contributed by atoms with Gasteiger partial charge >= 0.3 is 25.7 Å². The number of benzene rings is 1. The van der Waals surface area contributed by atoms with Gasteiger partial charge in [0.15, 0.2) is 18.0 Å². The summed E-state index contributed by atoms with van der Waals surface area (Å²) in [5.74, 6) is -3.67. The van der Waals surface area contributed by atoms with Crippen LogP contribution in [-0.2, 0) is 58.0 Å². The van der Waals surface area contributed by atoms with Gasteiger partial charge in [0.25, 0.3) is 0 Å². The number of hydrogen-bond acceptors (Lipinski definition) is 15. The molecule has 2 N–H and O–H groups in total. The summed E-state index contributed by atoms with van der Waals surface area (Å²) in [5, 5.41) is 15.1. The van der Waals surface area contributed by atoms with E-state index in [4.69, 9.17) is 38.3 Å². The van der Waals surface area contributed by atoms with E-state index in [9.17, 15) is 24.2 Å². The van der Waals surface area contributed by atoms with Crippen molar-refractivity contribution >= 4 is 37.1 Å². The van der Waals surface area contributed by atoms with Crippen molar-refractivity contribution < 1.29 is 51.5 Å². The zero-order chi connectivity index (χ0) is 38.6. The molecule has 4 rings (SSSR count). The molecule has 0 aliphatic carbocycles. The van der Waals surface area contributed by atoms with Crippen molar-refractivity contribution in [1.29, 1.82) is 5.26 Å². The maximum absolute atomic E-state index is 14.2. The normalized spacial score (nSPS) is 21.6. The molecule has 1 saturated heterocycles. The zero-order valence-corrected chi connectivity index (χ0v) is 31.6. The molecule has 282 valence electrons. The molecule has 0 radical (unpaired) electrons. The predicted molar refractivity (Wildman–Crippen MR) is 185 cm³/mol. The van der Waals surface area contributed by atoms with Crippen molar-refractivity contribution in [2.45, 2.75) is 91.6 Å². The first kappa shape index (κ1) is 40.2. The van der Waals surface area contributed by atoms with Gasteiger partial charge in [-0.1, -0.05) is 74.4 Å². The second kappa shape index (κ2) is 16.0. The van der Waals surface area contributed by atoms with E-state index >= 15 is 0 Å². The van der Waals surface area contributed by atoms with Crippen molar-refractivity contribution in [2.24, 2.45) is 17.8 Å². The van der Waals surface area contributed by atoms with Gasteiger partial charge in [-0.2, -0.15) is 10.4 Å². The SMILES string of the molecule is CC(C)C(=O)OCO[P@](=O)(OC[C@H]1O[C@@](C#N)(c2ccc3c(N)ncnn23)[C@H](OC(=O)C(C)C)[C@@H]1OC(=O)C(C)C)Oc1ccc(C(C)(C)C)cc1. The molecule has 1 aromatic carbocycles. The quantitative estimate of drug-likeness (QED) is 0.0968. The van der Waals surface area contributed by atoms with Crippen LogP contribution < -0.4 is 10.3 Å². The number of aromatic nitrogens is 3. The third kappa shape index (κ3) is 8.90. The van der Waals surface area contributed by atoms with Gasteiger partial charge in [0.1, 0.15) is 29.8 Å². The highest BCUT2D eigenvalue weighted by atomic mass is 31.2. The number of rotatable bonds is 14. The van der Waals surface area contributed by atoms with Gasteiger partial charge in [-0.25, -0.2) is 18.6 Å². The van der Waals surface area contributed by atoms with Crippen LogP contribution in [0.2, 0.25) is 0 Å². The number of nitrogens with zero attached hydrogens (tertiary/aromatic N) is 4. The van der Waals surface area contributed by atoms with E-state index in [1.54, 1.807) is 71.9 Å². The van der Waals surface area contributed by atoms with Crippen LogP contribution in [0.4, 0.5) is 5.82 Å². The van der Waals surface area contributed by atoms with E-state index in [1.165, 1.54) is 16.9 Å². The van der Waals surface area contributed by atoms with Gasteiger partial charge in [-0.3, -0.25) is 18.9 Å². The number of nitriles is 1. The Balaban J connectivity index is 1.76. The van der Waals surface area contributed by atoms with Crippen molar-refractivity contribution in [3.05, 3.63) is 54.0 Å². The van der Waals surface area contributed by atoms with E-state index in [0.29, 0.717) is 5.52 Å². The van der Waals surface area contributed by atoms with E-state index in [1.807, 2.05) is 20.8 Å². The number of hydrogen-bond donors (Lipinski definition) is 1. The molecule has 5 atom stereocenters. The van der Waals surface area contributed by atoms with E-state index in [2.05, 4.69) is 16.2 Å². The van der Waals surface area contributed by atoms with E-state index < -0.39 is 80.8 Å². The number of carbonyl (C=O) groups is 3. The molecular formula is C35H46N5O11P. The lowest BCUT2D eigenvalue weighted by Gasteiger charge is -2.29. The summed E-state index contributed by atoms with van der Waals surface area (Å²) in [4.78, 5) is 42.4. The molecule has 1 aliphatic heterocycles. The molecule has 2 aromatic heterocycles. The van der Waals surface area contributed by atoms with E-state index in [0.717, 1.165) is 5.56 Å². The second-order valence-corrected chi connectivity index (χ2v) is 15.8. The number of fused-ring (bicyclic) bond motifs is 1. The zero-order valence-electron chi connectivity index (χ0n) is 30.7. The van der Waals surface area contributed by atoms with Crippen LogP contribution >= 0.6 is 7.82 Å². The molecule has 0 unspecified atom stereocenters. The number of phosphoric acid groups is 1. The molecule has 16 nitrogen and oxygen atoms in total. The highest BCUT2D eigenvalue weighted by Crippen LogP contribution is 2.52. The maximum Gasteiger partial charge on any atom is 0.533 e. The molecule has 1 fully saturated rings. The summed E-state index contributed by atoms with van der Waals surface area (Å²) >= 11 is 0. The first-order chi connectivity index (χ1) is 24.3. The van der Waals surface area contributed by atoms with Gasteiger partial charge in [0.2, 0.25) is 12.4 Å². The number of carbonyl (C=O) groups excluding carboxylic acids is 3. The first-order valence-electron chi connectivity index (χ1n) is 16.8. The maximum atomic E-state index is 14.2. The minimum absolute atomic E-state index is 0.0731. The van der Waals surface area contributed by atoms with Crippen molar-refractivity contribution in [1.82, 2.24) is 14.6 Å². The lowest BCUT2D eigenvalue weighted by atomic mass is 9.87. The Morgan fingerprint density at radius 2 is 1.58 bits per heavy atom. The summed E-state index contributed by atoms with van der Waals surface area (Å²) < 4.78 is 55.7. The molecule has 3 heterocycles. The Bertz CT molecular complexity index is 1850. The van der Waals surface area contributed by atoms with Crippen LogP contribution in [0.1, 0.15) is 73.6 Å². The summed E-state index contributed by atoms with van der Waals surface area (Å²) in [6.07, 6.45) is -3.32. The first-order valence-corrected chi connectivity index (χ1v) is 18.2. The van der Waals surface area contributed by atoms with Crippen molar-refractivity contribution in [3.8, 4) is 11.8 Å². The fourth-order valence-electron chi connectivity index (χ4n) is 5.05. The van der Waals surface area contributed by atoms with Crippen LogP contribution in [0.5, 0.6) is 5.75 Å². The highest BCUT2D eigenvalue weighted by Gasteiger charge is 2.63. The monoisotopic (exact) mass is 743 g/mol. The van der Waals surface area contributed by atoms with Crippen LogP contribution in [0, 0.1) is 29.1 Å². The van der Waals surface area contributed by atoms with Gasteiger partial charge in [-0.15, -0.1) is 0 Å². The summed E-state index contributed by atoms with van der Waals surface area (Å²) in [7, 11) is -4.67. The van der Waals surface area contributed by atoms with Gasteiger partial charge in [-0.05, 0) is 35.2 Å². The molecule has 0 spiro atoms. The van der Waals surface area contributed by atoms with Crippen LogP contribution in [0.15, 0.2) is 42.7 Å². The Morgan fingerprint density at radius 3 is 2.15 bits per heavy atom. The molecule has 0 amide bonds. The number of nitrogen functional groups attached to an aromatic ring is 1. The Kier molecular flexibility index (Phi) is 12.4. The Hall–Kier alpha value is -4.55. The number of anilines is 1. The molecule has 0 bridgehead atoms. The average molecular weight is 744 g/mol. The Labute approximate surface area is 302 Å². The van der Waals surface area contributed by atoms with Crippen LogP contribution in [-0.4, -0.2) is 64.2 Å². The van der Waals surface area contributed by atoms with Gasteiger partial charge < -0.3 is 29.2 Å². The fraction of sp³-hybridized carbons (Fsp3) is 0.543. The molecule has 3 aromatic rings. The summed E-state index contributed by atoms with van der Waals surface area (Å²) in [5.41, 5.74) is 5.07. The fourth-order valence-corrected chi connectivity index (χ4v) is 6.12. The molecule has 52 heavy (non-hydrogen) atoms. The lowest BCUT2D eigenvalue weighted by molar-refractivity contribution is -0.173. The predicted octanol–water partition coefficient (Wildman–Crippen LogP) is 5.24. The summed E-state index contributed by atoms with van der Waals surface area (Å²) in [6, 6.07) is 11.9. The number of nitrogens with two attached hydrogens (primary N) is 1.